The zero-order chi connectivity index (χ0) is 48.6. The number of aliphatic hydroxyl groups excluding tert-OH is 2. The Kier molecular flexibility index (Phi) is 14.2. The predicted molar refractivity (Wildman–Crippen MR) is 268 cm³/mol. The fraction of sp³-hybridized carbons (Fsp3) is 0.526. The Morgan fingerprint density at radius 1 is 0.900 bits per heavy atom. The molecule has 0 amide bonds. The second kappa shape index (κ2) is 20.5. The Bertz CT molecular complexity index is 2760. The quantitative estimate of drug-likeness (QED) is 0.0426. The molecule has 13 nitrogen and oxygen atoms in total. The summed E-state index contributed by atoms with van der Waals surface area (Å²) in [5, 5.41) is 68.0. The van der Waals surface area contributed by atoms with Crippen molar-refractivity contribution in [3.63, 3.8) is 0 Å². The number of nitrogens with one attached hydrogen (secondary N) is 3. The van der Waals surface area contributed by atoms with Gasteiger partial charge >= 0.3 is 0 Å². The minimum absolute atomic E-state index is 0.0377. The van der Waals surface area contributed by atoms with Crippen molar-refractivity contribution in [2.75, 3.05) is 39.7 Å². The van der Waals surface area contributed by atoms with Gasteiger partial charge in [0.05, 0.1) is 37.4 Å². The van der Waals surface area contributed by atoms with Crippen molar-refractivity contribution in [3.8, 4) is 51.7 Å². The minimum atomic E-state index is -1.23. The van der Waals surface area contributed by atoms with E-state index < -0.39 is 35.6 Å². The number of aliphatic hydroxyl groups is 3. The van der Waals surface area contributed by atoms with Crippen molar-refractivity contribution in [1.82, 2.24) is 16.0 Å². The van der Waals surface area contributed by atoms with E-state index in [1.807, 2.05) is 25.1 Å². The van der Waals surface area contributed by atoms with Crippen LogP contribution in [0.4, 0.5) is 0 Å². The van der Waals surface area contributed by atoms with Crippen molar-refractivity contribution < 1.29 is 44.5 Å². The van der Waals surface area contributed by atoms with E-state index in [2.05, 4.69) is 70.9 Å². The van der Waals surface area contributed by atoms with Gasteiger partial charge in [-0.1, -0.05) is 69.2 Å². The van der Waals surface area contributed by atoms with Gasteiger partial charge in [-0.15, -0.1) is 0 Å². The molecule has 8 N–H and O–H groups in total. The van der Waals surface area contributed by atoms with Crippen LogP contribution in [-0.4, -0.2) is 101 Å². The molecule has 0 aromatic heterocycles. The zero-order valence-corrected chi connectivity index (χ0v) is 40.9. The van der Waals surface area contributed by atoms with Crippen LogP contribution in [0.25, 0.3) is 17.2 Å². The van der Waals surface area contributed by atoms with E-state index in [0.717, 1.165) is 75.4 Å². The molecule has 13 heteroatoms. The van der Waals surface area contributed by atoms with Crippen molar-refractivity contribution in [1.29, 1.82) is 0 Å². The van der Waals surface area contributed by atoms with Crippen LogP contribution in [0.3, 0.4) is 0 Å². The summed E-state index contributed by atoms with van der Waals surface area (Å²) in [5.41, 5.74) is 5.65. The van der Waals surface area contributed by atoms with Gasteiger partial charge in [0.25, 0.3) is 0 Å². The monoisotopic (exact) mass is 955 g/mol. The Morgan fingerprint density at radius 2 is 1.74 bits per heavy atom. The molecular formula is C57H70N4O9. The first kappa shape index (κ1) is 48.5. The molecule has 4 aromatic rings. The lowest BCUT2D eigenvalue weighted by atomic mass is 9.69. The maximum Gasteiger partial charge on any atom is 0.161 e. The van der Waals surface area contributed by atoms with Crippen molar-refractivity contribution in [3.05, 3.63) is 98.6 Å². The fourth-order valence-electron chi connectivity index (χ4n) is 12.1. The number of phenolic OH excluding ortho intramolecular Hbond substituents is 2. The Hall–Kier alpha value is -5.17. The summed E-state index contributed by atoms with van der Waals surface area (Å²) >= 11 is 0. The summed E-state index contributed by atoms with van der Waals surface area (Å²) in [6.07, 6.45) is 9.54. The highest BCUT2D eigenvalue weighted by atomic mass is 16.6. The SMILES string of the molecule is CC(C)CC(C)(O)CNCNC1C#CCC(CO)Oc2cc(ccc2O)C2Oc3c(c4c(c5c3CCC(CO)O5)-c3ccc(O)cc3C(Cc3ccc5c(c3)=CCN=5)C4)CC12OCNC1CCCCC1. The average molecular weight is 955 g/mol. The molecule has 4 aromatic carbocycles. The largest absolute Gasteiger partial charge is 0.508 e. The topological polar surface area (TPSA) is 187 Å². The van der Waals surface area contributed by atoms with E-state index >= 15 is 0 Å². The number of phenols is 2. The predicted octanol–water partition coefficient (Wildman–Crippen LogP) is 5.51. The van der Waals surface area contributed by atoms with E-state index in [9.17, 15) is 25.5 Å². The first-order chi connectivity index (χ1) is 33.9. The third-order valence-corrected chi connectivity index (χ3v) is 15.3. The van der Waals surface area contributed by atoms with Gasteiger partial charge in [-0.05, 0) is 133 Å². The normalized spacial score (nSPS) is 25.2. The zero-order valence-electron chi connectivity index (χ0n) is 40.9. The lowest BCUT2D eigenvalue weighted by Crippen LogP contribution is -2.62. The van der Waals surface area contributed by atoms with Gasteiger partial charge in [0, 0.05) is 48.8 Å². The van der Waals surface area contributed by atoms with Gasteiger partial charge in [-0.25, -0.2) is 0 Å². The van der Waals surface area contributed by atoms with Gasteiger partial charge in [0.2, 0.25) is 0 Å². The second-order valence-electron chi connectivity index (χ2n) is 21.2. The standard InChI is InChI=1S/C57H70N4O9/c1-34(2)27-56(3,66)31-58-32-60-51-11-7-10-41(29-62)68-50-25-37(13-19-49(50)65)55-57(51,67-33-61-39-8-5-4-6-9-39)28-47-46-24-38(23-35-12-18-48-36(22-35)20-21-59-48)45-26-40(64)14-16-43(45)52(46)54-44(53(47)70-55)17-15-42(30-63)69-54/h12-14,16,18-20,22,25-26,34,38-39,41-42,51,55,58,60-66H,4-6,8-10,15,17,21,23-24,27-33H2,1-3H3. The van der Waals surface area contributed by atoms with Gasteiger partial charge in [-0.2, -0.15) is 0 Å². The number of benzene rings is 4. The number of ether oxygens (including phenoxy) is 4. The molecule has 7 unspecified atom stereocenters. The molecule has 4 aliphatic heterocycles. The maximum absolute atomic E-state index is 11.4. The van der Waals surface area contributed by atoms with Crippen LogP contribution >= 0.6 is 0 Å². The summed E-state index contributed by atoms with van der Waals surface area (Å²) < 4.78 is 28.3. The van der Waals surface area contributed by atoms with Crippen molar-refractivity contribution in [2.24, 2.45) is 10.9 Å². The first-order valence-corrected chi connectivity index (χ1v) is 25.7. The molecule has 0 saturated heterocycles. The van der Waals surface area contributed by atoms with Gasteiger partial charge in [0.1, 0.15) is 41.1 Å². The molecule has 0 radical (unpaired) electrons. The summed E-state index contributed by atoms with van der Waals surface area (Å²) in [4.78, 5) is 4.64. The molecule has 70 heavy (non-hydrogen) atoms. The van der Waals surface area contributed by atoms with E-state index in [4.69, 9.17) is 18.9 Å². The molecule has 10 rings (SSSR count). The molecular weight excluding hydrogens is 885 g/mol. The van der Waals surface area contributed by atoms with Crippen LogP contribution in [0.1, 0.15) is 118 Å². The first-order valence-electron chi connectivity index (χ1n) is 25.7. The summed E-state index contributed by atoms with van der Waals surface area (Å²) in [6.45, 7) is 7.15. The highest BCUT2D eigenvalue weighted by Gasteiger charge is 2.55. The Morgan fingerprint density at radius 3 is 2.56 bits per heavy atom. The second-order valence-corrected chi connectivity index (χ2v) is 21.2. The van der Waals surface area contributed by atoms with Crippen LogP contribution in [0.15, 0.2) is 59.6 Å². The number of aromatic hydroxyl groups is 2. The lowest BCUT2D eigenvalue weighted by Gasteiger charge is -2.50. The fourth-order valence-corrected chi connectivity index (χ4v) is 12.1. The molecule has 1 saturated carbocycles. The van der Waals surface area contributed by atoms with Crippen molar-refractivity contribution >= 4 is 6.08 Å². The summed E-state index contributed by atoms with van der Waals surface area (Å²) in [5.74, 6) is 8.99. The Balaban J connectivity index is 1.16. The maximum atomic E-state index is 11.4. The molecule has 2 bridgehead atoms. The number of fused-ring (bicyclic) bond motifs is 13. The molecule has 372 valence electrons. The third kappa shape index (κ3) is 9.89. The molecule has 1 fully saturated rings. The molecule has 4 heterocycles. The minimum Gasteiger partial charge on any atom is -0.508 e. The molecule has 7 atom stereocenters. The number of hydrogen-bond acceptors (Lipinski definition) is 13. The van der Waals surface area contributed by atoms with Gasteiger partial charge in [0.15, 0.2) is 17.6 Å². The van der Waals surface area contributed by atoms with Crippen LogP contribution in [-0.2, 0) is 30.4 Å². The molecule has 0 spiro atoms. The lowest BCUT2D eigenvalue weighted by molar-refractivity contribution is -0.144. The number of rotatable bonds is 15. The number of nitrogens with zero attached hydrogens (tertiary/aromatic N) is 1. The van der Waals surface area contributed by atoms with Crippen LogP contribution in [0.2, 0.25) is 0 Å². The van der Waals surface area contributed by atoms with E-state index in [1.54, 1.807) is 18.2 Å². The highest BCUT2D eigenvalue weighted by Crippen LogP contribution is 2.58. The summed E-state index contributed by atoms with van der Waals surface area (Å²) in [7, 11) is 0. The Labute approximate surface area is 411 Å². The van der Waals surface area contributed by atoms with Crippen LogP contribution in [0, 0.1) is 17.8 Å². The molecule has 6 aliphatic rings. The van der Waals surface area contributed by atoms with E-state index in [0.29, 0.717) is 74.9 Å². The van der Waals surface area contributed by atoms with E-state index in [-0.39, 0.29) is 56.2 Å². The highest BCUT2D eigenvalue weighted by molar-refractivity contribution is 5.85. The third-order valence-electron chi connectivity index (χ3n) is 15.3. The summed E-state index contributed by atoms with van der Waals surface area (Å²) in [6, 6.07) is 17.0. The smallest absolute Gasteiger partial charge is 0.161 e. The van der Waals surface area contributed by atoms with Gasteiger partial charge < -0.3 is 49.8 Å². The van der Waals surface area contributed by atoms with Crippen LogP contribution < -0.4 is 40.7 Å². The average Bonchev–Trinajstić information content (AvgIpc) is 3.82. The van der Waals surface area contributed by atoms with E-state index in [1.165, 1.54) is 12.0 Å². The van der Waals surface area contributed by atoms with Crippen LogP contribution in [0.5, 0.6) is 28.7 Å². The van der Waals surface area contributed by atoms with Crippen molar-refractivity contribution in [2.45, 2.75) is 145 Å². The van der Waals surface area contributed by atoms with Gasteiger partial charge in [-0.3, -0.25) is 15.6 Å². The molecule has 2 aliphatic carbocycles. The number of hydrogen-bond donors (Lipinski definition) is 8.